The molecule has 0 aliphatic carbocycles. The molecule has 0 saturated carbocycles. The monoisotopic (exact) mass is 663 g/mol. The van der Waals surface area contributed by atoms with Crippen LogP contribution in [0.4, 0.5) is 11.5 Å². The van der Waals surface area contributed by atoms with Gasteiger partial charge in [-0.05, 0) is 92.3 Å². The van der Waals surface area contributed by atoms with Crippen LogP contribution in [0.1, 0.15) is 56.8 Å². The Morgan fingerprint density at radius 3 is 2.72 bits per heavy atom. The number of benzene rings is 2. The SMILES string of the molecule is C=C1/C=C/c2nc(CSc3c(C)cccc3N)ccc2CCCN1CCCNC(=O)c1ccc(N/N=C/c2c(C)cccc2S)nc1. The molecule has 0 unspecified atom stereocenters. The zero-order valence-electron chi connectivity index (χ0n) is 26.9. The van der Waals surface area contributed by atoms with Crippen molar-refractivity contribution in [1.29, 1.82) is 0 Å². The zero-order chi connectivity index (χ0) is 33.2. The summed E-state index contributed by atoms with van der Waals surface area (Å²) in [5.41, 5.74) is 17.8. The lowest BCUT2D eigenvalue weighted by atomic mass is 10.1. The largest absolute Gasteiger partial charge is 0.398 e. The average molecular weight is 664 g/mol. The van der Waals surface area contributed by atoms with Gasteiger partial charge in [0.2, 0.25) is 0 Å². The number of allylic oxidation sites excluding steroid dienone is 1. The van der Waals surface area contributed by atoms with Crippen molar-refractivity contribution in [3.8, 4) is 0 Å². The van der Waals surface area contributed by atoms with E-state index < -0.39 is 0 Å². The molecular weight excluding hydrogens is 623 g/mol. The van der Waals surface area contributed by atoms with Gasteiger partial charge >= 0.3 is 0 Å². The third-order valence-electron chi connectivity index (χ3n) is 7.98. The van der Waals surface area contributed by atoms with Gasteiger partial charge in [0.15, 0.2) is 0 Å². The highest BCUT2D eigenvalue weighted by molar-refractivity contribution is 7.98. The number of fused-ring (bicyclic) bond motifs is 1. The molecule has 4 N–H and O–H groups in total. The van der Waals surface area contributed by atoms with Gasteiger partial charge in [-0.3, -0.25) is 15.2 Å². The number of nitrogens with zero attached hydrogens (tertiary/aromatic N) is 4. The fourth-order valence-electron chi connectivity index (χ4n) is 5.30. The summed E-state index contributed by atoms with van der Waals surface area (Å²) in [5, 5.41) is 7.27. The fraction of sp³-hybridized carbons (Fsp3) is 0.243. The molecule has 242 valence electrons. The van der Waals surface area contributed by atoms with E-state index >= 15 is 0 Å². The molecule has 0 atom stereocenters. The van der Waals surface area contributed by atoms with E-state index in [2.05, 4.69) is 82.2 Å². The molecule has 10 heteroatoms. The molecule has 0 saturated heterocycles. The second kappa shape index (κ2) is 16.3. The Bertz CT molecular complexity index is 1750. The number of hydrogen-bond donors (Lipinski definition) is 4. The first-order chi connectivity index (χ1) is 22.8. The van der Waals surface area contributed by atoms with Crippen LogP contribution in [0, 0.1) is 13.8 Å². The van der Waals surface area contributed by atoms with E-state index in [-0.39, 0.29) is 5.91 Å². The number of hydrogen-bond acceptors (Lipinski definition) is 9. The molecule has 3 heterocycles. The number of nitrogens with one attached hydrogen (secondary N) is 2. The van der Waals surface area contributed by atoms with E-state index in [0.717, 1.165) is 81.8 Å². The van der Waals surface area contributed by atoms with Crippen LogP contribution in [0.3, 0.4) is 0 Å². The Morgan fingerprint density at radius 2 is 1.94 bits per heavy atom. The number of nitrogen functional groups attached to an aromatic ring is 1. The van der Waals surface area contributed by atoms with Crippen LogP contribution in [-0.2, 0) is 12.2 Å². The van der Waals surface area contributed by atoms with E-state index in [1.165, 1.54) is 11.1 Å². The lowest BCUT2D eigenvalue weighted by Crippen LogP contribution is -2.30. The number of aryl methyl sites for hydroxylation is 3. The second-order valence-corrected chi connectivity index (χ2v) is 12.9. The van der Waals surface area contributed by atoms with E-state index in [9.17, 15) is 4.79 Å². The average Bonchev–Trinajstić information content (AvgIpc) is 3.13. The van der Waals surface area contributed by atoms with Crippen LogP contribution in [0.15, 0.2) is 100 Å². The third-order valence-corrected chi connectivity index (χ3v) is 9.66. The smallest absolute Gasteiger partial charge is 0.252 e. The predicted molar refractivity (Wildman–Crippen MR) is 198 cm³/mol. The Hall–Kier alpha value is -4.54. The highest BCUT2D eigenvalue weighted by Crippen LogP contribution is 2.31. The number of carbonyl (C=O) groups is 1. The Morgan fingerprint density at radius 1 is 1.11 bits per heavy atom. The van der Waals surface area contributed by atoms with Crippen LogP contribution < -0.4 is 16.5 Å². The number of nitrogens with two attached hydrogens (primary N) is 1. The number of aromatic nitrogens is 2. The van der Waals surface area contributed by atoms with Gasteiger partial charge in [0, 0.05) is 58.3 Å². The highest BCUT2D eigenvalue weighted by atomic mass is 32.2. The molecule has 47 heavy (non-hydrogen) atoms. The van der Waals surface area contributed by atoms with Crippen molar-refractivity contribution in [3.05, 3.63) is 124 Å². The standard InChI is InChI=1S/C37H41N7OS2/c1-25-8-5-12-34(46)31(25)23-41-43-35-18-15-29(22-40-35)37(45)39-19-7-21-44-20-6-10-28-14-16-30(42-33(28)17-13-27(44)3)24-47-36-26(2)9-4-11-32(36)38/h4-5,8-9,11-18,22-23,46H,3,6-7,10,19-21,24,38H2,1-2H3,(H,39,45)(H,40,43)/b17-13+,41-23+. The van der Waals surface area contributed by atoms with Crippen molar-refractivity contribution in [1.82, 2.24) is 20.2 Å². The van der Waals surface area contributed by atoms with Gasteiger partial charge in [0.25, 0.3) is 5.91 Å². The van der Waals surface area contributed by atoms with Crippen LogP contribution in [0.25, 0.3) is 6.08 Å². The molecule has 0 radical (unpaired) electrons. The molecular formula is C37H41N7OS2. The van der Waals surface area contributed by atoms with Gasteiger partial charge in [0.1, 0.15) is 5.82 Å². The van der Waals surface area contributed by atoms with Crippen molar-refractivity contribution in [2.45, 2.75) is 48.7 Å². The molecule has 0 spiro atoms. The number of amides is 1. The number of carbonyl (C=O) groups excluding carboxylic acids is 1. The van der Waals surface area contributed by atoms with Gasteiger partial charge in [-0.1, -0.05) is 36.9 Å². The molecule has 4 aromatic rings. The number of thioether (sulfide) groups is 1. The number of anilines is 2. The van der Waals surface area contributed by atoms with Gasteiger partial charge < -0.3 is 16.0 Å². The highest BCUT2D eigenvalue weighted by Gasteiger charge is 2.13. The maximum atomic E-state index is 12.7. The van der Waals surface area contributed by atoms with E-state index in [0.29, 0.717) is 17.9 Å². The topological polar surface area (TPSA) is 109 Å². The Labute approximate surface area is 287 Å². The molecule has 2 aromatic carbocycles. The van der Waals surface area contributed by atoms with Crippen molar-refractivity contribution in [3.63, 3.8) is 0 Å². The summed E-state index contributed by atoms with van der Waals surface area (Å²) in [4.78, 5) is 26.3. The lowest BCUT2D eigenvalue weighted by Gasteiger charge is -2.24. The first-order valence-electron chi connectivity index (χ1n) is 15.7. The van der Waals surface area contributed by atoms with Crippen LogP contribution >= 0.6 is 24.4 Å². The summed E-state index contributed by atoms with van der Waals surface area (Å²) >= 11 is 6.21. The Kier molecular flexibility index (Phi) is 11.8. The maximum Gasteiger partial charge on any atom is 0.252 e. The molecule has 1 aliphatic heterocycles. The summed E-state index contributed by atoms with van der Waals surface area (Å²) in [5.74, 6) is 1.15. The summed E-state index contributed by atoms with van der Waals surface area (Å²) in [6.45, 7) is 10.6. The van der Waals surface area contributed by atoms with Crippen molar-refractivity contribution >= 4 is 54.1 Å². The van der Waals surface area contributed by atoms with Gasteiger partial charge in [0.05, 0.1) is 23.2 Å². The zero-order valence-corrected chi connectivity index (χ0v) is 28.6. The van der Waals surface area contributed by atoms with Crippen LogP contribution in [-0.4, -0.2) is 46.6 Å². The van der Waals surface area contributed by atoms with Crippen LogP contribution in [0.2, 0.25) is 0 Å². The number of hydrazone groups is 1. The fourth-order valence-corrected chi connectivity index (χ4v) is 6.61. The van der Waals surface area contributed by atoms with Gasteiger partial charge in [-0.25, -0.2) is 4.98 Å². The summed E-state index contributed by atoms with van der Waals surface area (Å²) in [6.07, 6.45) is 10.1. The molecule has 0 fully saturated rings. The quantitative estimate of drug-likeness (QED) is 0.0333. The Balaban J connectivity index is 1.08. The van der Waals surface area contributed by atoms with Crippen molar-refractivity contribution in [2.24, 2.45) is 5.10 Å². The minimum Gasteiger partial charge on any atom is -0.398 e. The number of thiol groups is 1. The second-order valence-electron chi connectivity index (χ2n) is 11.5. The van der Waals surface area contributed by atoms with E-state index in [4.69, 9.17) is 10.7 Å². The minimum atomic E-state index is -0.157. The van der Waals surface area contributed by atoms with Crippen LogP contribution in [0.5, 0.6) is 0 Å². The molecule has 1 aliphatic rings. The molecule has 0 bridgehead atoms. The summed E-state index contributed by atoms with van der Waals surface area (Å²) < 4.78 is 0. The number of pyridine rings is 2. The molecule has 2 aromatic heterocycles. The minimum absolute atomic E-state index is 0.157. The maximum absolute atomic E-state index is 12.7. The summed E-state index contributed by atoms with van der Waals surface area (Å²) in [7, 11) is 0. The van der Waals surface area contributed by atoms with Crippen molar-refractivity contribution < 1.29 is 4.79 Å². The molecule has 1 amide bonds. The molecule has 5 rings (SSSR count). The number of rotatable bonds is 11. The predicted octanol–water partition coefficient (Wildman–Crippen LogP) is 7.30. The van der Waals surface area contributed by atoms with Gasteiger partial charge in [-0.15, -0.1) is 24.4 Å². The van der Waals surface area contributed by atoms with E-state index in [1.54, 1.807) is 36.3 Å². The normalized spacial score (nSPS) is 13.9. The lowest BCUT2D eigenvalue weighted by molar-refractivity contribution is 0.0952. The van der Waals surface area contributed by atoms with E-state index in [1.807, 2.05) is 37.3 Å². The summed E-state index contributed by atoms with van der Waals surface area (Å²) in [6, 6.07) is 19.7. The third kappa shape index (κ3) is 9.27. The van der Waals surface area contributed by atoms with Gasteiger partial charge in [-0.2, -0.15) is 5.10 Å². The first kappa shape index (κ1) is 33.8. The molecule has 8 nitrogen and oxygen atoms in total. The van der Waals surface area contributed by atoms with Crippen molar-refractivity contribution in [2.75, 3.05) is 30.8 Å². The first-order valence-corrected chi connectivity index (χ1v) is 17.1.